The van der Waals surface area contributed by atoms with Gasteiger partial charge in [0.2, 0.25) is 0 Å². The number of likely N-dealkylation sites (N-methyl/N-ethyl adjacent to an activating group) is 1. The second-order valence-corrected chi connectivity index (χ2v) is 4.92. The van der Waals surface area contributed by atoms with Gasteiger partial charge in [0.25, 0.3) is 0 Å². The lowest BCUT2D eigenvalue weighted by Gasteiger charge is -2.14. The summed E-state index contributed by atoms with van der Waals surface area (Å²) in [5, 5.41) is 4.60. The zero-order valence-electron chi connectivity index (χ0n) is 12.0. The molecule has 4 heteroatoms. The number of pyridine rings is 1. The Hall–Kier alpha value is -1.81. The molecule has 2 aromatic rings. The minimum atomic E-state index is 0.838. The van der Waals surface area contributed by atoms with Crippen molar-refractivity contribution in [1.29, 1.82) is 0 Å². The monoisotopic (exact) mass is 259 g/mol. The van der Waals surface area contributed by atoms with Crippen LogP contribution in [0.25, 0.3) is 10.9 Å². The number of fused-ring (bicyclic) bond motifs is 1. The molecule has 0 bridgehead atoms. The van der Waals surface area contributed by atoms with Crippen LogP contribution < -0.4 is 10.1 Å². The summed E-state index contributed by atoms with van der Waals surface area (Å²) in [5.74, 6) is 0.838. The SMILES string of the molecule is COc1ccc2c(NCCN(C)C)cc(C)nc2c1. The molecule has 0 aliphatic carbocycles. The Kier molecular flexibility index (Phi) is 4.22. The Bertz CT molecular complexity index is 567. The second kappa shape index (κ2) is 5.89. The Morgan fingerprint density at radius 3 is 2.74 bits per heavy atom. The summed E-state index contributed by atoms with van der Waals surface area (Å²) in [6.07, 6.45) is 0. The number of methoxy groups -OCH3 is 1. The number of nitrogens with one attached hydrogen (secondary N) is 1. The molecule has 4 nitrogen and oxygen atoms in total. The number of ether oxygens (including phenoxy) is 1. The lowest BCUT2D eigenvalue weighted by atomic mass is 10.1. The molecule has 0 radical (unpaired) electrons. The molecule has 0 saturated carbocycles. The van der Waals surface area contributed by atoms with E-state index in [1.165, 1.54) is 0 Å². The predicted molar refractivity (Wildman–Crippen MR) is 80.1 cm³/mol. The van der Waals surface area contributed by atoms with Gasteiger partial charge in [-0.05, 0) is 39.2 Å². The van der Waals surface area contributed by atoms with Gasteiger partial charge in [0.1, 0.15) is 5.75 Å². The van der Waals surface area contributed by atoms with E-state index in [4.69, 9.17) is 4.74 Å². The number of anilines is 1. The molecule has 0 saturated heterocycles. The van der Waals surface area contributed by atoms with Crippen molar-refractivity contribution in [3.8, 4) is 5.75 Å². The largest absolute Gasteiger partial charge is 0.497 e. The van der Waals surface area contributed by atoms with Gasteiger partial charge in [-0.3, -0.25) is 4.98 Å². The molecule has 1 heterocycles. The van der Waals surface area contributed by atoms with E-state index in [-0.39, 0.29) is 0 Å². The Balaban J connectivity index is 2.31. The van der Waals surface area contributed by atoms with Crippen molar-refractivity contribution in [3.63, 3.8) is 0 Å². The van der Waals surface area contributed by atoms with Gasteiger partial charge in [0.15, 0.2) is 0 Å². The van der Waals surface area contributed by atoms with Crippen molar-refractivity contribution < 1.29 is 4.74 Å². The predicted octanol–water partition coefficient (Wildman–Crippen LogP) is 2.53. The standard InChI is InChI=1S/C15H21N3O/c1-11-9-14(16-7-8-18(2)3)13-6-5-12(19-4)10-15(13)17-11/h5-6,9-10H,7-8H2,1-4H3,(H,16,17). The van der Waals surface area contributed by atoms with E-state index in [9.17, 15) is 0 Å². The zero-order valence-corrected chi connectivity index (χ0v) is 12.0. The van der Waals surface area contributed by atoms with Crippen molar-refractivity contribution in [2.75, 3.05) is 39.6 Å². The molecular weight excluding hydrogens is 238 g/mol. The third-order valence-corrected chi connectivity index (χ3v) is 3.02. The molecule has 0 unspecified atom stereocenters. The maximum absolute atomic E-state index is 5.25. The topological polar surface area (TPSA) is 37.4 Å². The Labute approximate surface area is 114 Å². The van der Waals surface area contributed by atoms with E-state index in [1.54, 1.807) is 7.11 Å². The van der Waals surface area contributed by atoms with E-state index >= 15 is 0 Å². The fourth-order valence-corrected chi connectivity index (χ4v) is 2.03. The quantitative estimate of drug-likeness (QED) is 0.895. The summed E-state index contributed by atoms with van der Waals surface area (Å²) >= 11 is 0. The number of aryl methyl sites for hydroxylation is 1. The first-order valence-corrected chi connectivity index (χ1v) is 6.44. The molecule has 19 heavy (non-hydrogen) atoms. The van der Waals surface area contributed by atoms with Crippen LogP contribution in [0.4, 0.5) is 5.69 Å². The van der Waals surface area contributed by atoms with E-state index in [0.29, 0.717) is 0 Å². The molecule has 0 atom stereocenters. The smallest absolute Gasteiger partial charge is 0.121 e. The van der Waals surface area contributed by atoms with Gasteiger partial charge in [-0.25, -0.2) is 0 Å². The van der Waals surface area contributed by atoms with Gasteiger partial charge >= 0.3 is 0 Å². The van der Waals surface area contributed by atoms with Crippen LogP contribution in [0, 0.1) is 6.92 Å². The number of benzene rings is 1. The second-order valence-electron chi connectivity index (χ2n) is 4.92. The van der Waals surface area contributed by atoms with Crippen LogP contribution in [0.15, 0.2) is 24.3 Å². The molecule has 0 spiro atoms. The van der Waals surface area contributed by atoms with Gasteiger partial charge in [0.05, 0.1) is 12.6 Å². The molecule has 2 rings (SSSR count). The summed E-state index contributed by atoms with van der Waals surface area (Å²) in [6, 6.07) is 8.08. The molecule has 0 aliphatic heterocycles. The van der Waals surface area contributed by atoms with E-state index < -0.39 is 0 Å². The average molecular weight is 259 g/mol. The van der Waals surface area contributed by atoms with Crippen molar-refractivity contribution >= 4 is 16.6 Å². The van der Waals surface area contributed by atoms with Crippen LogP contribution in [0.5, 0.6) is 5.75 Å². The number of rotatable bonds is 5. The molecule has 102 valence electrons. The van der Waals surface area contributed by atoms with Crippen molar-refractivity contribution in [1.82, 2.24) is 9.88 Å². The summed E-state index contributed by atoms with van der Waals surface area (Å²) < 4.78 is 5.25. The first-order valence-electron chi connectivity index (χ1n) is 6.44. The van der Waals surface area contributed by atoms with Crippen LogP contribution in [0.2, 0.25) is 0 Å². The van der Waals surface area contributed by atoms with Gasteiger partial charge in [-0.1, -0.05) is 0 Å². The normalized spacial score (nSPS) is 11.0. The van der Waals surface area contributed by atoms with Gasteiger partial charge in [-0.15, -0.1) is 0 Å². The Morgan fingerprint density at radius 2 is 2.05 bits per heavy atom. The highest BCUT2D eigenvalue weighted by Gasteiger charge is 2.05. The van der Waals surface area contributed by atoms with Gasteiger partial charge < -0.3 is 15.0 Å². The zero-order chi connectivity index (χ0) is 13.8. The van der Waals surface area contributed by atoms with Crippen LogP contribution in [0.3, 0.4) is 0 Å². The maximum atomic E-state index is 5.25. The first-order chi connectivity index (χ1) is 9.10. The van der Waals surface area contributed by atoms with Crippen LogP contribution >= 0.6 is 0 Å². The lowest BCUT2D eigenvalue weighted by Crippen LogP contribution is -2.20. The van der Waals surface area contributed by atoms with Crippen molar-refractivity contribution in [3.05, 3.63) is 30.0 Å². The summed E-state index contributed by atoms with van der Waals surface area (Å²) in [5.41, 5.74) is 3.10. The summed E-state index contributed by atoms with van der Waals surface area (Å²) in [7, 11) is 5.82. The Morgan fingerprint density at radius 1 is 1.26 bits per heavy atom. The third kappa shape index (κ3) is 3.35. The minimum Gasteiger partial charge on any atom is -0.497 e. The molecule has 1 aromatic heterocycles. The van der Waals surface area contributed by atoms with Crippen molar-refractivity contribution in [2.24, 2.45) is 0 Å². The summed E-state index contributed by atoms with van der Waals surface area (Å²) in [4.78, 5) is 6.72. The van der Waals surface area contributed by atoms with Crippen LogP contribution in [-0.4, -0.2) is 44.2 Å². The molecule has 1 aromatic carbocycles. The summed E-state index contributed by atoms with van der Waals surface area (Å²) in [6.45, 7) is 3.92. The highest BCUT2D eigenvalue weighted by atomic mass is 16.5. The van der Waals surface area contributed by atoms with E-state index in [1.807, 2.05) is 19.1 Å². The lowest BCUT2D eigenvalue weighted by molar-refractivity contribution is 0.415. The minimum absolute atomic E-state index is 0.838. The number of hydrogen-bond acceptors (Lipinski definition) is 4. The van der Waals surface area contributed by atoms with Crippen LogP contribution in [0.1, 0.15) is 5.69 Å². The molecule has 0 fully saturated rings. The molecule has 1 N–H and O–H groups in total. The third-order valence-electron chi connectivity index (χ3n) is 3.02. The fourth-order valence-electron chi connectivity index (χ4n) is 2.03. The maximum Gasteiger partial charge on any atom is 0.121 e. The highest BCUT2D eigenvalue weighted by molar-refractivity contribution is 5.92. The molecule has 0 amide bonds. The number of nitrogens with zero attached hydrogens (tertiary/aromatic N) is 2. The van der Waals surface area contributed by atoms with E-state index in [2.05, 4.69) is 41.4 Å². The highest BCUT2D eigenvalue weighted by Crippen LogP contribution is 2.26. The average Bonchev–Trinajstić information content (AvgIpc) is 2.37. The van der Waals surface area contributed by atoms with Gasteiger partial charge in [0, 0.05) is 35.9 Å². The first kappa shape index (κ1) is 13.6. The molecular formula is C15H21N3O. The molecule has 0 aliphatic rings. The van der Waals surface area contributed by atoms with E-state index in [0.717, 1.165) is 41.1 Å². The van der Waals surface area contributed by atoms with Crippen molar-refractivity contribution in [2.45, 2.75) is 6.92 Å². The number of hydrogen-bond donors (Lipinski definition) is 1. The number of aromatic nitrogens is 1. The fraction of sp³-hybridized carbons (Fsp3) is 0.400. The van der Waals surface area contributed by atoms with Crippen LogP contribution in [-0.2, 0) is 0 Å². The van der Waals surface area contributed by atoms with Gasteiger partial charge in [-0.2, -0.15) is 0 Å².